The molecule has 0 amide bonds. The van der Waals surface area contributed by atoms with E-state index in [0.29, 0.717) is 0 Å². The van der Waals surface area contributed by atoms with Gasteiger partial charge in [-0.15, -0.1) is 0 Å². The van der Waals surface area contributed by atoms with E-state index in [2.05, 4.69) is 20.5 Å². The SMILES string of the molecule is Cc1nonc1CN1CCCC(C2CCCN2)C1. The number of nitrogens with zero attached hydrogens (tertiary/aromatic N) is 3. The molecule has 0 radical (unpaired) electrons. The van der Waals surface area contributed by atoms with Crippen molar-refractivity contribution in [1.82, 2.24) is 20.5 Å². The molecule has 3 heterocycles. The van der Waals surface area contributed by atoms with Crippen LogP contribution < -0.4 is 5.32 Å². The summed E-state index contributed by atoms with van der Waals surface area (Å²) < 4.78 is 4.77. The van der Waals surface area contributed by atoms with Crippen LogP contribution in [0, 0.1) is 12.8 Å². The first-order valence-corrected chi connectivity index (χ1v) is 7.06. The lowest BCUT2D eigenvalue weighted by atomic mass is 9.89. The van der Waals surface area contributed by atoms with E-state index in [1.807, 2.05) is 6.92 Å². The number of piperidine rings is 1. The molecule has 5 nitrogen and oxygen atoms in total. The maximum Gasteiger partial charge on any atom is 0.122 e. The zero-order chi connectivity index (χ0) is 12.4. The molecule has 2 atom stereocenters. The molecule has 0 aromatic carbocycles. The average Bonchev–Trinajstić information content (AvgIpc) is 3.02. The van der Waals surface area contributed by atoms with E-state index in [9.17, 15) is 0 Å². The van der Waals surface area contributed by atoms with Crippen molar-refractivity contribution in [3.63, 3.8) is 0 Å². The summed E-state index contributed by atoms with van der Waals surface area (Å²) in [5.74, 6) is 0.807. The fourth-order valence-corrected chi connectivity index (χ4v) is 3.28. The zero-order valence-electron chi connectivity index (χ0n) is 11.1. The highest BCUT2D eigenvalue weighted by atomic mass is 16.6. The summed E-state index contributed by atoms with van der Waals surface area (Å²) >= 11 is 0. The van der Waals surface area contributed by atoms with E-state index < -0.39 is 0 Å². The Labute approximate surface area is 108 Å². The number of hydrogen-bond acceptors (Lipinski definition) is 5. The van der Waals surface area contributed by atoms with Crippen molar-refractivity contribution in [3.05, 3.63) is 11.4 Å². The van der Waals surface area contributed by atoms with Crippen LogP contribution in [0.2, 0.25) is 0 Å². The molecule has 2 aliphatic heterocycles. The van der Waals surface area contributed by atoms with Crippen molar-refractivity contribution in [3.8, 4) is 0 Å². The Morgan fingerprint density at radius 2 is 2.28 bits per heavy atom. The van der Waals surface area contributed by atoms with Gasteiger partial charge in [0, 0.05) is 19.1 Å². The van der Waals surface area contributed by atoms with Gasteiger partial charge in [-0.2, -0.15) is 0 Å². The van der Waals surface area contributed by atoms with Crippen molar-refractivity contribution in [1.29, 1.82) is 0 Å². The van der Waals surface area contributed by atoms with Crippen molar-refractivity contribution in [2.45, 2.75) is 45.2 Å². The lowest BCUT2D eigenvalue weighted by Gasteiger charge is -2.35. The zero-order valence-corrected chi connectivity index (χ0v) is 11.1. The second-order valence-electron chi connectivity index (χ2n) is 5.64. The monoisotopic (exact) mass is 250 g/mol. The topological polar surface area (TPSA) is 54.2 Å². The van der Waals surface area contributed by atoms with Crippen LogP contribution in [0.1, 0.15) is 37.1 Å². The molecule has 2 fully saturated rings. The average molecular weight is 250 g/mol. The number of hydrogen-bond donors (Lipinski definition) is 1. The van der Waals surface area contributed by atoms with Gasteiger partial charge >= 0.3 is 0 Å². The number of likely N-dealkylation sites (tertiary alicyclic amines) is 1. The van der Waals surface area contributed by atoms with Crippen LogP contribution in [-0.2, 0) is 6.54 Å². The lowest BCUT2D eigenvalue weighted by molar-refractivity contribution is 0.142. The molecule has 0 bridgehead atoms. The summed E-state index contributed by atoms with van der Waals surface area (Å²) in [6.07, 6.45) is 5.36. The molecule has 3 rings (SSSR count). The van der Waals surface area contributed by atoms with Gasteiger partial charge in [0.15, 0.2) is 0 Å². The van der Waals surface area contributed by atoms with E-state index in [1.54, 1.807) is 0 Å². The van der Waals surface area contributed by atoms with Gasteiger partial charge < -0.3 is 5.32 Å². The fourth-order valence-electron chi connectivity index (χ4n) is 3.28. The quantitative estimate of drug-likeness (QED) is 0.877. The van der Waals surface area contributed by atoms with Gasteiger partial charge in [0.1, 0.15) is 11.4 Å². The largest absolute Gasteiger partial charge is 0.314 e. The smallest absolute Gasteiger partial charge is 0.122 e. The molecule has 5 heteroatoms. The molecular formula is C13H22N4O. The van der Waals surface area contributed by atoms with E-state index in [1.165, 1.54) is 45.3 Å². The molecular weight excluding hydrogens is 228 g/mol. The molecule has 1 N–H and O–H groups in total. The predicted octanol–water partition coefficient (Wildman–Crippen LogP) is 1.34. The summed E-state index contributed by atoms with van der Waals surface area (Å²) in [6.45, 7) is 6.41. The highest BCUT2D eigenvalue weighted by Crippen LogP contribution is 2.25. The first-order chi connectivity index (χ1) is 8.83. The molecule has 100 valence electrons. The summed E-state index contributed by atoms with van der Waals surface area (Å²) in [5, 5.41) is 11.5. The molecule has 2 saturated heterocycles. The molecule has 0 spiro atoms. The van der Waals surface area contributed by atoms with Crippen LogP contribution in [-0.4, -0.2) is 40.9 Å². The molecule has 1 aromatic heterocycles. The summed E-state index contributed by atoms with van der Waals surface area (Å²) in [4.78, 5) is 2.50. The Hall–Kier alpha value is -0.940. The van der Waals surface area contributed by atoms with E-state index in [-0.39, 0.29) is 0 Å². The Morgan fingerprint density at radius 1 is 1.33 bits per heavy atom. The van der Waals surface area contributed by atoms with E-state index in [0.717, 1.165) is 29.9 Å². The minimum absolute atomic E-state index is 0.740. The minimum atomic E-state index is 0.740. The number of rotatable bonds is 3. The van der Waals surface area contributed by atoms with Crippen LogP contribution >= 0.6 is 0 Å². The third-order valence-electron chi connectivity index (χ3n) is 4.33. The van der Waals surface area contributed by atoms with E-state index >= 15 is 0 Å². The van der Waals surface area contributed by atoms with Crippen molar-refractivity contribution < 1.29 is 4.63 Å². The van der Waals surface area contributed by atoms with Crippen LogP contribution in [0.15, 0.2) is 4.63 Å². The highest BCUT2D eigenvalue weighted by Gasteiger charge is 2.29. The van der Waals surface area contributed by atoms with Crippen LogP contribution in [0.5, 0.6) is 0 Å². The van der Waals surface area contributed by atoms with Gasteiger partial charge in [0.25, 0.3) is 0 Å². The van der Waals surface area contributed by atoms with Gasteiger partial charge in [-0.1, -0.05) is 10.3 Å². The second kappa shape index (κ2) is 5.36. The molecule has 0 aliphatic carbocycles. The highest BCUT2D eigenvalue weighted by molar-refractivity contribution is 5.04. The Kier molecular flexibility index (Phi) is 3.61. The third kappa shape index (κ3) is 2.57. The molecule has 1 aromatic rings. The lowest BCUT2D eigenvalue weighted by Crippen LogP contribution is -2.43. The number of aryl methyl sites for hydroxylation is 1. The standard InChI is InChI=1S/C13H22N4O/c1-10-13(16-18-15-10)9-17-7-3-4-11(8-17)12-5-2-6-14-12/h11-12,14H,2-9H2,1H3. The number of nitrogens with one attached hydrogen (secondary N) is 1. The van der Waals surface area contributed by atoms with Gasteiger partial charge in [-0.25, -0.2) is 4.63 Å². The first-order valence-electron chi connectivity index (χ1n) is 7.06. The van der Waals surface area contributed by atoms with Crippen molar-refractivity contribution >= 4 is 0 Å². The maximum atomic E-state index is 4.77. The van der Waals surface area contributed by atoms with Gasteiger partial charge in [0.05, 0.1) is 0 Å². The molecule has 2 unspecified atom stereocenters. The Morgan fingerprint density at radius 3 is 3.00 bits per heavy atom. The number of aromatic nitrogens is 2. The fraction of sp³-hybridized carbons (Fsp3) is 0.846. The summed E-state index contributed by atoms with van der Waals surface area (Å²) in [5.41, 5.74) is 1.92. The van der Waals surface area contributed by atoms with Gasteiger partial charge in [0.2, 0.25) is 0 Å². The summed E-state index contributed by atoms with van der Waals surface area (Å²) in [7, 11) is 0. The van der Waals surface area contributed by atoms with Crippen LogP contribution in [0.25, 0.3) is 0 Å². The molecule has 2 aliphatic rings. The molecule has 18 heavy (non-hydrogen) atoms. The van der Waals surface area contributed by atoms with Crippen LogP contribution in [0.4, 0.5) is 0 Å². The normalized spacial score (nSPS) is 29.8. The Bertz CT molecular complexity index is 386. The van der Waals surface area contributed by atoms with Crippen molar-refractivity contribution in [2.75, 3.05) is 19.6 Å². The summed E-state index contributed by atoms with van der Waals surface area (Å²) in [6, 6.07) is 0.740. The Balaban J connectivity index is 1.58. The van der Waals surface area contributed by atoms with Crippen LogP contribution in [0.3, 0.4) is 0 Å². The molecule has 0 saturated carbocycles. The first kappa shape index (κ1) is 12.1. The second-order valence-corrected chi connectivity index (χ2v) is 5.64. The predicted molar refractivity (Wildman–Crippen MR) is 68.1 cm³/mol. The third-order valence-corrected chi connectivity index (χ3v) is 4.33. The maximum absolute atomic E-state index is 4.77. The minimum Gasteiger partial charge on any atom is -0.314 e. The van der Waals surface area contributed by atoms with Gasteiger partial charge in [-0.05, 0) is 51.6 Å². The van der Waals surface area contributed by atoms with E-state index in [4.69, 9.17) is 4.63 Å². The van der Waals surface area contributed by atoms with Gasteiger partial charge in [-0.3, -0.25) is 4.90 Å². The van der Waals surface area contributed by atoms with Crippen molar-refractivity contribution in [2.24, 2.45) is 5.92 Å².